The van der Waals surface area contributed by atoms with Crippen molar-refractivity contribution in [2.45, 2.75) is 62.3 Å². The zero-order valence-corrected chi connectivity index (χ0v) is 49.7. The third kappa shape index (κ3) is 27.1. The summed E-state index contributed by atoms with van der Waals surface area (Å²) in [7, 11) is 8.16. The smallest absolute Gasteiger partial charge is 0.231 e. The molecule has 0 radical (unpaired) electrons. The third-order valence-electron chi connectivity index (χ3n) is 10.4. The molecule has 1 aliphatic heterocycles. The second kappa shape index (κ2) is 38.5. The van der Waals surface area contributed by atoms with Gasteiger partial charge in [-0.05, 0) is 185 Å². The van der Waals surface area contributed by atoms with Gasteiger partial charge in [0.15, 0.2) is 23.0 Å². The maximum atomic E-state index is 5.52. The second-order valence-electron chi connectivity index (χ2n) is 17.2. The summed E-state index contributed by atoms with van der Waals surface area (Å²) in [6.07, 6.45) is 6.86. The number of hydrogen-bond donors (Lipinski definition) is 0. The molecule has 416 valence electrons. The molecule has 9 rings (SSSR count). The van der Waals surface area contributed by atoms with Gasteiger partial charge in [-0.1, -0.05) is 103 Å². The number of fused-ring (bicyclic) bond motifs is 1. The molecule has 0 fully saturated rings. The lowest BCUT2D eigenvalue weighted by Crippen LogP contribution is -1.98. The Hall–Kier alpha value is -8.09. The molecule has 0 saturated carbocycles. The van der Waals surface area contributed by atoms with E-state index < -0.39 is 0 Å². The highest BCUT2D eigenvalue weighted by molar-refractivity contribution is 9.10. The van der Waals surface area contributed by atoms with Crippen LogP contribution < -0.4 is 42.6 Å². The van der Waals surface area contributed by atoms with E-state index in [1.54, 1.807) is 60.2 Å². The lowest BCUT2D eigenvalue weighted by atomic mass is 10.2. The first-order valence-electron chi connectivity index (χ1n) is 25.0. The largest absolute Gasteiger partial charge is 0.497 e. The van der Waals surface area contributed by atoms with Gasteiger partial charge in [0.2, 0.25) is 12.5 Å². The molecule has 12 heteroatoms. The fourth-order valence-electron chi connectivity index (χ4n) is 6.29. The molecular weight excluding hydrogens is 1050 g/mol. The van der Waals surface area contributed by atoms with E-state index in [0.29, 0.717) is 37.3 Å². The Labute approximate surface area is 473 Å². The zero-order valence-electron chi connectivity index (χ0n) is 48.1. The summed E-state index contributed by atoms with van der Waals surface area (Å²) in [4.78, 5) is 3.98. The Morgan fingerprint density at radius 1 is 0.462 bits per heavy atom. The van der Waals surface area contributed by atoms with Crippen molar-refractivity contribution in [3.8, 4) is 51.7 Å². The number of halogens is 1. The van der Waals surface area contributed by atoms with Crippen molar-refractivity contribution in [3.05, 3.63) is 238 Å². The molecule has 1 aliphatic rings. The van der Waals surface area contributed by atoms with Gasteiger partial charge in [-0.2, -0.15) is 0 Å². The number of methoxy groups -OCH3 is 5. The van der Waals surface area contributed by atoms with Gasteiger partial charge in [0.25, 0.3) is 0 Å². The SMILES string of the molecule is C=CCOc1cc(C)cc(OCC=C)c1Br.COc1cc(C)cc(OC)c1OC.COc1ccc(C)cc1.COc1cccc(C)c1.Cc1ccc(C)cc1.Cc1ccc2c(c1)OCO2.Cc1ccccn1.Cc1ccco1. The molecule has 0 unspecified atom stereocenters. The maximum Gasteiger partial charge on any atom is 0.231 e. The summed E-state index contributed by atoms with van der Waals surface area (Å²) in [5, 5.41) is 0. The Bertz CT molecular complexity index is 2810. The van der Waals surface area contributed by atoms with Gasteiger partial charge in [-0.15, -0.1) is 0 Å². The van der Waals surface area contributed by atoms with E-state index in [9.17, 15) is 0 Å². The Morgan fingerprint density at radius 3 is 1.35 bits per heavy atom. The summed E-state index contributed by atoms with van der Waals surface area (Å²) >= 11 is 3.46. The summed E-state index contributed by atoms with van der Waals surface area (Å²) in [6, 6.07) is 47.7. The standard InChI is InChI=1S/C13H15BrO2.C10H14O3.C8H8O2.2C8H10O.C8H10.C6H7N.C5H6O/c1-4-6-15-11-8-10(3)9-12(13(11)14)16-7-5-2;1-7-5-8(11-2)10(13-4)9(6-7)12-3;1-6-2-3-7-8(4-6)10-5-9-7;1-7-3-5-8(9-2)6-4-7;1-7-4-3-5-8(6-7)9-2;1-7-3-5-8(2)6-4-7;1-6-4-2-3-5-7-6;1-5-3-2-4-6-5/h4-5,8-9H,1-2,6-7H2,3H3;5-6H,1-4H3;2-4H,5H2,1H3;2*3-6H,1-2H3;3-6H,1-2H3;2-5H,1H3;2-4H,1H3. The number of rotatable bonds is 11. The minimum absolute atomic E-state index is 0.360. The average Bonchev–Trinajstić information content (AvgIpc) is 4.15. The Morgan fingerprint density at radius 2 is 0.962 bits per heavy atom. The molecule has 0 aliphatic carbocycles. The van der Waals surface area contributed by atoms with E-state index in [-0.39, 0.29) is 0 Å². The van der Waals surface area contributed by atoms with Gasteiger partial charge >= 0.3 is 0 Å². The minimum atomic E-state index is 0.360. The van der Waals surface area contributed by atoms with Crippen LogP contribution in [-0.2, 0) is 0 Å². The number of aryl methyl sites for hydroxylation is 9. The van der Waals surface area contributed by atoms with Crippen molar-refractivity contribution in [3.63, 3.8) is 0 Å². The molecule has 8 aromatic rings. The number of benzene rings is 6. The summed E-state index contributed by atoms with van der Waals surface area (Å²) < 4.78 is 52.4. The van der Waals surface area contributed by atoms with Gasteiger partial charge in [0.05, 0.1) is 41.8 Å². The van der Waals surface area contributed by atoms with Crippen LogP contribution in [0, 0.1) is 62.3 Å². The molecule has 0 atom stereocenters. The molecule has 2 aromatic heterocycles. The second-order valence-corrected chi connectivity index (χ2v) is 18.0. The Kier molecular flexibility index (Phi) is 32.5. The summed E-state index contributed by atoms with van der Waals surface area (Å²) in [5.41, 5.74) is 9.58. The fourth-order valence-corrected chi connectivity index (χ4v) is 6.75. The Balaban J connectivity index is 0.000000310. The molecule has 0 spiro atoms. The zero-order chi connectivity index (χ0) is 57.7. The van der Waals surface area contributed by atoms with Crippen LogP contribution in [0.4, 0.5) is 0 Å². The van der Waals surface area contributed by atoms with Crippen LogP contribution in [0.2, 0.25) is 0 Å². The number of hydrogen-bond acceptors (Lipinski definition) is 11. The molecule has 78 heavy (non-hydrogen) atoms. The highest BCUT2D eigenvalue weighted by Gasteiger charge is 2.12. The molecule has 0 N–H and O–H groups in total. The van der Waals surface area contributed by atoms with E-state index in [1.807, 2.05) is 163 Å². The van der Waals surface area contributed by atoms with Gasteiger partial charge in [0.1, 0.15) is 46.4 Å². The van der Waals surface area contributed by atoms with Crippen molar-refractivity contribution < 1.29 is 47.0 Å². The first kappa shape index (κ1) is 66.0. The monoisotopic (exact) mass is 1130 g/mol. The summed E-state index contributed by atoms with van der Waals surface area (Å²) in [6.45, 7) is 26.7. The predicted molar refractivity (Wildman–Crippen MR) is 322 cm³/mol. The quantitative estimate of drug-likeness (QED) is 0.116. The summed E-state index contributed by atoms with van der Waals surface area (Å²) in [5.74, 6) is 8.07. The normalized spacial score (nSPS) is 9.83. The topological polar surface area (TPSA) is 109 Å². The first-order valence-corrected chi connectivity index (χ1v) is 25.8. The van der Waals surface area contributed by atoms with Crippen LogP contribution in [0.25, 0.3) is 0 Å². The van der Waals surface area contributed by atoms with E-state index in [1.165, 1.54) is 27.8 Å². The van der Waals surface area contributed by atoms with Crippen molar-refractivity contribution in [1.82, 2.24) is 4.98 Å². The van der Waals surface area contributed by atoms with E-state index in [2.05, 4.69) is 79.1 Å². The number of nitrogens with zero attached hydrogens (tertiary/aromatic N) is 1. The predicted octanol–water partition coefficient (Wildman–Crippen LogP) is 16.9. The molecule has 0 bridgehead atoms. The van der Waals surface area contributed by atoms with Crippen LogP contribution in [-0.4, -0.2) is 60.5 Å². The highest BCUT2D eigenvalue weighted by atomic mass is 79.9. The average molecular weight is 1130 g/mol. The van der Waals surface area contributed by atoms with Crippen LogP contribution >= 0.6 is 15.9 Å². The maximum absolute atomic E-state index is 5.52. The van der Waals surface area contributed by atoms with E-state index in [4.69, 9.17) is 47.0 Å². The lowest BCUT2D eigenvalue weighted by Gasteiger charge is -2.12. The minimum Gasteiger partial charge on any atom is -0.497 e. The van der Waals surface area contributed by atoms with Crippen molar-refractivity contribution in [1.29, 1.82) is 0 Å². The van der Waals surface area contributed by atoms with Gasteiger partial charge < -0.3 is 47.0 Å². The van der Waals surface area contributed by atoms with Gasteiger partial charge in [-0.25, -0.2) is 0 Å². The number of aromatic nitrogens is 1. The van der Waals surface area contributed by atoms with Crippen molar-refractivity contribution in [2.75, 3.05) is 55.6 Å². The third-order valence-corrected chi connectivity index (χ3v) is 11.2. The lowest BCUT2D eigenvalue weighted by molar-refractivity contribution is 0.174. The van der Waals surface area contributed by atoms with Gasteiger partial charge in [0, 0.05) is 11.9 Å². The van der Waals surface area contributed by atoms with Gasteiger partial charge in [-0.3, -0.25) is 4.98 Å². The number of pyridine rings is 1. The molecule has 0 saturated heterocycles. The van der Waals surface area contributed by atoms with Crippen LogP contribution in [0.5, 0.6) is 51.7 Å². The van der Waals surface area contributed by atoms with Crippen LogP contribution in [0.3, 0.4) is 0 Å². The molecule has 0 amide bonds. The number of ether oxygens (including phenoxy) is 9. The van der Waals surface area contributed by atoms with Crippen LogP contribution in [0.15, 0.2) is 192 Å². The molecular formula is C66H80BrNO10. The molecule has 6 aromatic carbocycles. The first-order chi connectivity index (χ1) is 37.5. The fraction of sp³-hybridized carbons (Fsp3) is 0.258. The van der Waals surface area contributed by atoms with E-state index >= 15 is 0 Å². The molecule has 11 nitrogen and oxygen atoms in total. The van der Waals surface area contributed by atoms with Crippen LogP contribution in [0.1, 0.15) is 50.4 Å². The van der Waals surface area contributed by atoms with Crippen molar-refractivity contribution >= 4 is 15.9 Å². The molecule has 3 heterocycles. The van der Waals surface area contributed by atoms with Crippen molar-refractivity contribution in [2.24, 2.45) is 0 Å². The van der Waals surface area contributed by atoms with E-state index in [0.717, 1.165) is 61.6 Å². The number of furan rings is 1. The highest BCUT2D eigenvalue weighted by Crippen LogP contribution is 2.38.